The number of hydrogen-bond acceptors (Lipinski definition) is 3. The molecule has 3 nitrogen and oxygen atoms in total. The Labute approximate surface area is 129 Å². The van der Waals surface area contributed by atoms with Gasteiger partial charge in [-0.25, -0.2) is 9.97 Å². The predicted octanol–water partition coefficient (Wildman–Crippen LogP) is 4.15. The first-order valence-corrected chi connectivity index (χ1v) is 8.87. The van der Waals surface area contributed by atoms with Crippen molar-refractivity contribution >= 4 is 0 Å². The van der Waals surface area contributed by atoms with Gasteiger partial charge in [0.2, 0.25) is 0 Å². The van der Waals surface area contributed by atoms with Gasteiger partial charge in [-0.3, -0.25) is 0 Å². The van der Waals surface area contributed by atoms with Gasteiger partial charge in [-0.1, -0.05) is 33.1 Å². The van der Waals surface area contributed by atoms with Crippen LogP contribution >= 0.6 is 0 Å². The van der Waals surface area contributed by atoms with E-state index in [2.05, 4.69) is 25.4 Å². The van der Waals surface area contributed by atoms with E-state index in [9.17, 15) is 0 Å². The van der Waals surface area contributed by atoms with E-state index in [1.54, 1.807) is 0 Å². The molecule has 1 saturated carbocycles. The van der Waals surface area contributed by atoms with Gasteiger partial charge in [0.15, 0.2) is 0 Å². The molecule has 1 aromatic heterocycles. The van der Waals surface area contributed by atoms with Crippen molar-refractivity contribution in [1.29, 1.82) is 0 Å². The monoisotopic (exact) mass is 287 g/mol. The Morgan fingerprint density at radius 3 is 2.71 bits per heavy atom. The van der Waals surface area contributed by atoms with Gasteiger partial charge in [-0.15, -0.1) is 0 Å². The second-order valence-corrected chi connectivity index (χ2v) is 6.94. The highest BCUT2D eigenvalue weighted by molar-refractivity contribution is 5.24. The van der Waals surface area contributed by atoms with Crippen LogP contribution in [-0.4, -0.2) is 16.5 Å². The highest BCUT2D eigenvalue weighted by Crippen LogP contribution is 2.35. The molecule has 3 rings (SSSR count). The van der Waals surface area contributed by atoms with Crippen molar-refractivity contribution < 1.29 is 0 Å². The molecule has 0 bridgehead atoms. The lowest BCUT2D eigenvalue weighted by molar-refractivity contribution is 0.339. The molecule has 116 valence electrons. The second-order valence-electron chi connectivity index (χ2n) is 6.94. The molecule has 21 heavy (non-hydrogen) atoms. The van der Waals surface area contributed by atoms with Crippen LogP contribution in [0.25, 0.3) is 0 Å². The van der Waals surface area contributed by atoms with E-state index < -0.39 is 0 Å². The maximum absolute atomic E-state index is 5.00. The van der Waals surface area contributed by atoms with Crippen molar-refractivity contribution in [3.05, 3.63) is 23.3 Å². The summed E-state index contributed by atoms with van der Waals surface area (Å²) in [6, 6.07) is 0.466. The van der Waals surface area contributed by atoms with Crippen LogP contribution in [0.15, 0.2) is 6.20 Å². The third-order valence-corrected chi connectivity index (χ3v) is 5.28. The summed E-state index contributed by atoms with van der Waals surface area (Å²) in [6.07, 6.45) is 12.3. The average molecular weight is 287 g/mol. The Morgan fingerprint density at radius 2 is 1.95 bits per heavy atom. The molecule has 0 saturated heterocycles. The molecule has 1 heterocycles. The van der Waals surface area contributed by atoms with Gasteiger partial charge in [0.1, 0.15) is 5.82 Å². The second kappa shape index (κ2) is 6.87. The van der Waals surface area contributed by atoms with Gasteiger partial charge in [-0.2, -0.15) is 0 Å². The molecule has 0 aromatic carbocycles. The summed E-state index contributed by atoms with van der Waals surface area (Å²) in [5.74, 6) is 2.62. The topological polar surface area (TPSA) is 37.8 Å². The molecule has 1 aromatic rings. The lowest BCUT2D eigenvalue weighted by atomic mass is 9.82. The van der Waals surface area contributed by atoms with Crippen molar-refractivity contribution in [1.82, 2.24) is 15.3 Å². The summed E-state index contributed by atoms with van der Waals surface area (Å²) in [6.45, 7) is 5.57. The Balaban J connectivity index is 1.81. The van der Waals surface area contributed by atoms with Crippen LogP contribution in [0, 0.1) is 5.92 Å². The molecule has 0 aliphatic heterocycles. The summed E-state index contributed by atoms with van der Waals surface area (Å²) in [5, 5.41) is 3.61. The molecule has 3 heteroatoms. The number of hydrogen-bond donors (Lipinski definition) is 1. The van der Waals surface area contributed by atoms with Gasteiger partial charge in [0.25, 0.3) is 0 Å². The normalized spacial score (nSPS) is 29.7. The van der Waals surface area contributed by atoms with Gasteiger partial charge in [0, 0.05) is 29.4 Å². The molecule has 0 spiro atoms. The van der Waals surface area contributed by atoms with E-state index >= 15 is 0 Å². The zero-order chi connectivity index (χ0) is 14.7. The first-order valence-electron chi connectivity index (χ1n) is 8.87. The van der Waals surface area contributed by atoms with E-state index in [1.165, 1.54) is 56.2 Å². The van der Waals surface area contributed by atoms with Crippen molar-refractivity contribution in [2.24, 2.45) is 5.92 Å². The van der Waals surface area contributed by atoms with E-state index in [4.69, 9.17) is 9.97 Å². The van der Waals surface area contributed by atoms with Crippen LogP contribution in [0.4, 0.5) is 0 Å². The Morgan fingerprint density at radius 1 is 1.14 bits per heavy atom. The Bertz CT molecular complexity index is 464. The fourth-order valence-corrected chi connectivity index (χ4v) is 3.90. The molecule has 2 aliphatic carbocycles. The van der Waals surface area contributed by atoms with Crippen LogP contribution in [-0.2, 0) is 6.42 Å². The lowest BCUT2D eigenvalue weighted by Crippen LogP contribution is -2.22. The number of rotatable bonds is 3. The number of aromatic nitrogens is 2. The van der Waals surface area contributed by atoms with Gasteiger partial charge >= 0.3 is 0 Å². The Hall–Kier alpha value is -0.960. The highest BCUT2D eigenvalue weighted by atomic mass is 14.9. The standard InChI is InChI=1S/C18H29N3/c1-3-19-16-6-4-5-7-17-15(16)12-20-18(21-17)14-10-8-13(2)9-11-14/h12-14,16,19H,3-11H2,1-2H3. The van der Waals surface area contributed by atoms with Crippen molar-refractivity contribution in [2.75, 3.05) is 6.54 Å². The van der Waals surface area contributed by atoms with E-state index in [0.717, 1.165) is 24.7 Å². The predicted molar refractivity (Wildman–Crippen MR) is 86.4 cm³/mol. The van der Waals surface area contributed by atoms with Crippen LogP contribution in [0.1, 0.15) is 87.8 Å². The van der Waals surface area contributed by atoms with E-state index in [1.807, 2.05) is 0 Å². The van der Waals surface area contributed by atoms with Crippen LogP contribution < -0.4 is 5.32 Å². The molecule has 1 N–H and O–H groups in total. The number of nitrogens with zero attached hydrogens (tertiary/aromatic N) is 2. The van der Waals surface area contributed by atoms with E-state index in [0.29, 0.717) is 12.0 Å². The van der Waals surface area contributed by atoms with Crippen molar-refractivity contribution in [3.63, 3.8) is 0 Å². The summed E-state index contributed by atoms with van der Waals surface area (Å²) in [7, 11) is 0. The molecule has 1 atom stereocenters. The minimum absolute atomic E-state index is 0.466. The zero-order valence-electron chi connectivity index (χ0n) is 13.6. The summed E-state index contributed by atoms with van der Waals surface area (Å²) in [5.41, 5.74) is 2.68. The molecular formula is C18H29N3. The van der Waals surface area contributed by atoms with Crippen molar-refractivity contribution in [2.45, 2.75) is 77.2 Å². The fraction of sp³-hybridized carbons (Fsp3) is 0.778. The van der Waals surface area contributed by atoms with Crippen molar-refractivity contribution in [3.8, 4) is 0 Å². The third-order valence-electron chi connectivity index (χ3n) is 5.28. The Kier molecular flexibility index (Phi) is 4.89. The molecule has 0 amide bonds. The number of aryl methyl sites for hydroxylation is 1. The highest BCUT2D eigenvalue weighted by Gasteiger charge is 2.25. The first-order chi connectivity index (χ1) is 10.3. The molecular weight excluding hydrogens is 258 g/mol. The molecule has 1 fully saturated rings. The molecule has 1 unspecified atom stereocenters. The van der Waals surface area contributed by atoms with Crippen LogP contribution in [0.2, 0.25) is 0 Å². The molecule has 2 aliphatic rings. The average Bonchev–Trinajstić information content (AvgIpc) is 2.70. The maximum atomic E-state index is 5.00. The molecule has 0 radical (unpaired) electrons. The quantitative estimate of drug-likeness (QED) is 0.849. The SMILES string of the molecule is CCNC1CCCCc2nc(C3CCC(C)CC3)ncc21. The van der Waals surface area contributed by atoms with Gasteiger partial charge in [0.05, 0.1) is 0 Å². The third kappa shape index (κ3) is 3.45. The summed E-state index contributed by atoms with van der Waals surface area (Å²) >= 11 is 0. The van der Waals surface area contributed by atoms with Gasteiger partial charge < -0.3 is 5.32 Å². The smallest absolute Gasteiger partial charge is 0.131 e. The lowest BCUT2D eigenvalue weighted by Gasteiger charge is -2.26. The minimum Gasteiger partial charge on any atom is -0.310 e. The first kappa shape index (κ1) is 15.0. The summed E-state index contributed by atoms with van der Waals surface area (Å²) in [4.78, 5) is 9.77. The van der Waals surface area contributed by atoms with Crippen LogP contribution in [0.3, 0.4) is 0 Å². The number of nitrogens with one attached hydrogen (secondary N) is 1. The summed E-state index contributed by atoms with van der Waals surface area (Å²) < 4.78 is 0. The van der Waals surface area contributed by atoms with Gasteiger partial charge in [-0.05, 0) is 44.6 Å². The van der Waals surface area contributed by atoms with E-state index in [-0.39, 0.29) is 0 Å². The zero-order valence-corrected chi connectivity index (χ0v) is 13.6. The largest absolute Gasteiger partial charge is 0.310 e. The maximum Gasteiger partial charge on any atom is 0.131 e. The fourth-order valence-electron chi connectivity index (χ4n) is 3.90. The number of fused-ring (bicyclic) bond motifs is 1. The minimum atomic E-state index is 0.466. The van der Waals surface area contributed by atoms with Crippen LogP contribution in [0.5, 0.6) is 0 Å².